The average molecular weight is 423 g/mol. The highest BCUT2D eigenvalue weighted by atomic mass is 16.5. The number of ether oxygens (including phenoxy) is 2. The van der Waals surface area contributed by atoms with Gasteiger partial charge in [0.25, 0.3) is 11.8 Å². The van der Waals surface area contributed by atoms with E-state index in [0.717, 1.165) is 11.3 Å². The molecule has 2 aromatic carbocycles. The van der Waals surface area contributed by atoms with Gasteiger partial charge in [-0.15, -0.1) is 0 Å². The van der Waals surface area contributed by atoms with Crippen LogP contribution in [0.25, 0.3) is 5.57 Å². The lowest BCUT2D eigenvalue weighted by molar-refractivity contribution is -0.138. The Morgan fingerprint density at radius 2 is 1.65 bits per heavy atom. The number of aliphatic hydroxyl groups excluding tert-OH is 1. The first-order valence-corrected chi connectivity index (χ1v) is 10.1. The summed E-state index contributed by atoms with van der Waals surface area (Å²) in [6, 6.07) is 13.1. The van der Waals surface area contributed by atoms with Gasteiger partial charge in [-0.3, -0.25) is 14.5 Å². The second kappa shape index (κ2) is 9.47. The molecule has 0 aromatic heterocycles. The molecule has 0 radical (unpaired) electrons. The van der Waals surface area contributed by atoms with Crippen LogP contribution in [0.15, 0.2) is 54.3 Å². The van der Waals surface area contributed by atoms with Crippen molar-refractivity contribution in [1.82, 2.24) is 4.90 Å². The fourth-order valence-corrected chi connectivity index (χ4v) is 3.15. The van der Waals surface area contributed by atoms with Crippen molar-refractivity contribution in [3.63, 3.8) is 0 Å². The van der Waals surface area contributed by atoms with Crippen molar-refractivity contribution in [2.75, 3.05) is 6.61 Å². The van der Waals surface area contributed by atoms with E-state index in [0.29, 0.717) is 29.0 Å². The van der Waals surface area contributed by atoms with Crippen LogP contribution in [0.3, 0.4) is 0 Å². The summed E-state index contributed by atoms with van der Waals surface area (Å²) in [4.78, 5) is 38.3. The Bertz CT molecular complexity index is 1010. The van der Waals surface area contributed by atoms with Crippen molar-refractivity contribution >= 4 is 23.4 Å². The van der Waals surface area contributed by atoms with Crippen molar-refractivity contribution in [1.29, 1.82) is 0 Å². The van der Waals surface area contributed by atoms with E-state index < -0.39 is 23.5 Å². The molecule has 31 heavy (non-hydrogen) atoms. The minimum absolute atomic E-state index is 0.00328. The maximum Gasteiger partial charge on any atom is 0.338 e. The molecular weight excluding hydrogens is 398 g/mol. The third-order valence-corrected chi connectivity index (χ3v) is 4.63. The van der Waals surface area contributed by atoms with Gasteiger partial charge in [0, 0.05) is 0 Å². The number of rotatable bonds is 8. The van der Waals surface area contributed by atoms with E-state index in [-0.39, 0.29) is 18.2 Å². The lowest BCUT2D eigenvalue weighted by Gasteiger charge is -2.15. The van der Waals surface area contributed by atoms with Crippen LogP contribution in [0, 0.1) is 0 Å². The number of benzene rings is 2. The van der Waals surface area contributed by atoms with E-state index in [4.69, 9.17) is 9.47 Å². The number of amides is 2. The molecule has 0 fully saturated rings. The summed E-state index contributed by atoms with van der Waals surface area (Å²) in [5, 5.41) is 10.3. The monoisotopic (exact) mass is 423 g/mol. The maximum absolute atomic E-state index is 12.9. The Kier molecular flexibility index (Phi) is 6.74. The van der Waals surface area contributed by atoms with Crippen molar-refractivity contribution in [2.45, 2.75) is 39.8 Å². The Morgan fingerprint density at radius 1 is 1.00 bits per heavy atom. The zero-order valence-corrected chi connectivity index (χ0v) is 17.8. The maximum atomic E-state index is 12.9. The van der Waals surface area contributed by atoms with Gasteiger partial charge in [0.2, 0.25) is 0 Å². The second-order valence-corrected chi connectivity index (χ2v) is 7.44. The zero-order chi connectivity index (χ0) is 22.5. The number of esters is 1. The summed E-state index contributed by atoms with van der Waals surface area (Å²) in [5.41, 5.74) is 1.43. The lowest BCUT2D eigenvalue weighted by Crippen LogP contribution is -2.31. The molecule has 0 atom stereocenters. The predicted octanol–water partition coefficient (Wildman–Crippen LogP) is 3.88. The van der Waals surface area contributed by atoms with E-state index >= 15 is 0 Å². The van der Waals surface area contributed by atoms with Crippen molar-refractivity contribution in [3.8, 4) is 5.75 Å². The Hall–Kier alpha value is -3.61. The van der Waals surface area contributed by atoms with Crippen LogP contribution in [-0.2, 0) is 20.9 Å². The number of aliphatic hydroxyl groups is 1. The molecule has 1 heterocycles. The highest BCUT2D eigenvalue weighted by Gasteiger charge is 2.39. The fraction of sp³-hybridized carbons (Fsp3) is 0.292. The van der Waals surface area contributed by atoms with Crippen LogP contribution in [0.1, 0.15) is 48.7 Å². The topological polar surface area (TPSA) is 93.1 Å². The first-order valence-electron chi connectivity index (χ1n) is 10.1. The molecule has 1 N–H and O–H groups in total. The molecule has 7 nitrogen and oxygen atoms in total. The quantitative estimate of drug-likeness (QED) is 0.512. The van der Waals surface area contributed by atoms with Crippen molar-refractivity contribution in [2.24, 2.45) is 0 Å². The number of hydrogen-bond acceptors (Lipinski definition) is 6. The van der Waals surface area contributed by atoms with E-state index in [9.17, 15) is 19.5 Å². The lowest BCUT2D eigenvalue weighted by atomic mass is 10.1. The second-order valence-electron chi connectivity index (χ2n) is 7.44. The molecular formula is C24H25NO6. The minimum atomic E-state index is -0.756. The van der Waals surface area contributed by atoms with Crippen LogP contribution in [0.5, 0.6) is 5.75 Å². The Balaban J connectivity index is 1.73. The van der Waals surface area contributed by atoms with Crippen molar-refractivity contribution in [3.05, 3.63) is 71.0 Å². The number of nitrogens with zero attached hydrogens (tertiary/aromatic N) is 1. The fourth-order valence-electron chi connectivity index (χ4n) is 3.15. The minimum Gasteiger partial charge on any atom is -0.502 e. The molecule has 7 heteroatoms. The first-order chi connectivity index (χ1) is 14.8. The zero-order valence-electron chi connectivity index (χ0n) is 17.8. The highest BCUT2D eigenvalue weighted by Crippen LogP contribution is 2.30. The van der Waals surface area contributed by atoms with Gasteiger partial charge in [-0.2, -0.15) is 0 Å². The van der Waals surface area contributed by atoms with Crippen molar-refractivity contribution < 1.29 is 29.0 Å². The molecule has 0 unspecified atom stereocenters. The summed E-state index contributed by atoms with van der Waals surface area (Å²) in [7, 11) is 0. The number of hydrogen-bond donors (Lipinski definition) is 1. The third kappa shape index (κ3) is 4.94. The molecule has 2 aromatic rings. The molecule has 0 spiro atoms. The molecule has 0 bridgehead atoms. The van der Waals surface area contributed by atoms with E-state index in [1.54, 1.807) is 48.5 Å². The summed E-state index contributed by atoms with van der Waals surface area (Å²) >= 11 is 0. The Labute approximate surface area is 180 Å². The summed E-state index contributed by atoms with van der Waals surface area (Å²) in [5.74, 6) is -1.71. The van der Waals surface area contributed by atoms with E-state index in [2.05, 4.69) is 0 Å². The van der Waals surface area contributed by atoms with Gasteiger partial charge in [-0.25, -0.2) is 4.79 Å². The standard InChI is InChI=1S/C24H25NO6/c1-4-13-30-24(29)18-7-5-16(6-8-18)14-25-22(27)20(21(26)23(25)28)17-9-11-19(12-10-17)31-15(2)3/h5-12,15,26H,4,13-14H2,1-3H3. The average Bonchev–Trinajstić information content (AvgIpc) is 2.96. The number of carbonyl (C=O) groups excluding carboxylic acids is 3. The molecule has 162 valence electrons. The summed E-state index contributed by atoms with van der Waals surface area (Å²) in [6.07, 6.45) is 0.735. The Morgan fingerprint density at radius 3 is 2.23 bits per heavy atom. The molecule has 3 rings (SSSR count). The van der Waals surface area contributed by atoms with Gasteiger partial charge in [-0.05, 0) is 55.7 Å². The molecule has 1 aliphatic rings. The highest BCUT2D eigenvalue weighted by molar-refractivity contribution is 6.34. The summed E-state index contributed by atoms with van der Waals surface area (Å²) in [6.45, 7) is 6.03. The van der Waals surface area contributed by atoms with Gasteiger partial charge >= 0.3 is 5.97 Å². The van der Waals surface area contributed by atoms with Crippen LogP contribution in [0.4, 0.5) is 0 Å². The molecule has 1 aliphatic heterocycles. The van der Waals surface area contributed by atoms with Crippen LogP contribution in [-0.4, -0.2) is 40.5 Å². The van der Waals surface area contributed by atoms with E-state index in [1.165, 1.54) is 0 Å². The van der Waals surface area contributed by atoms with Gasteiger partial charge in [0.15, 0.2) is 5.76 Å². The summed E-state index contributed by atoms with van der Waals surface area (Å²) < 4.78 is 10.7. The number of imide groups is 1. The smallest absolute Gasteiger partial charge is 0.338 e. The molecule has 2 amide bonds. The van der Waals surface area contributed by atoms with Gasteiger partial charge in [0.05, 0.1) is 30.4 Å². The first kappa shape index (κ1) is 22.1. The van der Waals surface area contributed by atoms with E-state index in [1.807, 2.05) is 20.8 Å². The molecule has 0 aliphatic carbocycles. The van der Waals surface area contributed by atoms with Gasteiger partial charge in [-0.1, -0.05) is 31.2 Å². The molecule has 0 saturated carbocycles. The van der Waals surface area contributed by atoms with Crippen LogP contribution < -0.4 is 4.74 Å². The molecule has 0 saturated heterocycles. The number of carbonyl (C=O) groups is 3. The predicted molar refractivity (Wildman–Crippen MR) is 114 cm³/mol. The van der Waals surface area contributed by atoms with Crippen LogP contribution >= 0.6 is 0 Å². The third-order valence-electron chi connectivity index (χ3n) is 4.63. The largest absolute Gasteiger partial charge is 0.502 e. The normalized spacial score (nSPS) is 13.9. The van der Waals surface area contributed by atoms with Gasteiger partial charge < -0.3 is 14.6 Å². The SMILES string of the molecule is CCCOC(=O)c1ccc(CN2C(=O)C(O)=C(c3ccc(OC(C)C)cc3)C2=O)cc1. The van der Waals surface area contributed by atoms with Crippen LogP contribution in [0.2, 0.25) is 0 Å². The van der Waals surface area contributed by atoms with Gasteiger partial charge in [0.1, 0.15) is 5.75 Å².